The van der Waals surface area contributed by atoms with Crippen LogP contribution in [0.5, 0.6) is 0 Å². The zero-order valence-corrected chi connectivity index (χ0v) is 11.0. The summed E-state index contributed by atoms with van der Waals surface area (Å²) in [6.45, 7) is 0.0527. The number of hydrogen-bond donors (Lipinski definition) is 2. The molecule has 2 N–H and O–H groups in total. The number of carboxylic acids is 1. The Morgan fingerprint density at radius 2 is 2.00 bits per heavy atom. The molecule has 0 bridgehead atoms. The van der Waals surface area contributed by atoms with Gasteiger partial charge in [0.05, 0.1) is 11.7 Å². The lowest BCUT2D eigenvalue weighted by atomic mass is 10.1. The molecule has 0 spiro atoms. The number of likely N-dealkylation sites (tertiary alicyclic amines) is 1. The van der Waals surface area contributed by atoms with E-state index in [-0.39, 0.29) is 18.9 Å². The molecule has 1 aliphatic rings. The number of hydrogen-bond acceptors (Lipinski definition) is 3. The van der Waals surface area contributed by atoms with Crippen LogP contribution in [0.25, 0.3) is 0 Å². The van der Waals surface area contributed by atoms with E-state index in [1.807, 2.05) is 0 Å². The number of aliphatic hydroxyl groups excluding tert-OH is 1. The van der Waals surface area contributed by atoms with Crippen LogP contribution in [-0.4, -0.2) is 45.7 Å². The number of carbonyl (C=O) groups is 2. The van der Waals surface area contributed by atoms with E-state index in [2.05, 4.69) is 15.9 Å². The Bertz CT molecular complexity index is 491. The van der Waals surface area contributed by atoms with Gasteiger partial charge in [-0.1, -0.05) is 12.1 Å². The number of nitrogens with zero attached hydrogens (tertiary/aromatic N) is 1. The molecule has 1 fully saturated rings. The van der Waals surface area contributed by atoms with Crippen molar-refractivity contribution in [2.45, 2.75) is 18.6 Å². The van der Waals surface area contributed by atoms with Crippen LogP contribution in [0, 0.1) is 0 Å². The van der Waals surface area contributed by atoms with Crippen LogP contribution in [0.4, 0.5) is 0 Å². The summed E-state index contributed by atoms with van der Waals surface area (Å²) in [5, 5.41) is 18.6. The number of benzene rings is 1. The second-order valence-corrected chi connectivity index (χ2v) is 5.04. The fourth-order valence-electron chi connectivity index (χ4n) is 2.06. The number of aliphatic hydroxyl groups is 1. The van der Waals surface area contributed by atoms with Gasteiger partial charge in [0.1, 0.15) is 6.04 Å². The number of β-amino-alcohol motifs (C(OH)–C–C–N with tert-alkyl or cyclic N) is 1. The summed E-state index contributed by atoms with van der Waals surface area (Å²) in [5.74, 6) is -1.47. The zero-order chi connectivity index (χ0) is 13.3. The van der Waals surface area contributed by atoms with Crippen molar-refractivity contribution >= 4 is 27.8 Å². The second kappa shape index (κ2) is 5.07. The standard InChI is InChI=1S/C12H12BrNO4/c13-9-4-2-1-3-8(9)11(16)14-6-7(15)5-10(14)12(17)18/h1-4,7,10,15H,5-6H2,(H,17,18). The maximum Gasteiger partial charge on any atom is 0.326 e. The topological polar surface area (TPSA) is 77.8 Å². The second-order valence-electron chi connectivity index (χ2n) is 4.18. The predicted octanol–water partition coefficient (Wildman–Crippen LogP) is 1.11. The number of halogens is 1. The lowest BCUT2D eigenvalue weighted by molar-refractivity contribution is -0.141. The first-order valence-electron chi connectivity index (χ1n) is 5.47. The Balaban J connectivity index is 2.28. The van der Waals surface area contributed by atoms with E-state index in [9.17, 15) is 14.7 Å². The van der Waals surface area contributed by atoms with E-state index in [0.717, 1.165) is 0 Å². The van der Waals surface area contributed by atoms with Crippen molar-refractivity contribution in [3.63, 3.8) is 0 Å². The number of aliphatic carboxylic acids is 1. The first-order valence-corrected chi connectivity index (χ1v) is 6.26. The van der Waals surface area contributed by atoms with Crippen molar-refractivity contribution in [3.05, 3.63) is 34.3 Å². The van der Waals surface area contributed by atoms with E-state index in [0.29, 0.717) is 10.0 Å². The summed E-state index contributed by atoms with van der Waals surface area (Å²) in [6.07, 6.45) is -0.705. The van der Waals surface area contributed by atoms with Gasteiger partial charge in [0.25, 0.3) is 5.91 Å². The molecule has 2 rings (SSSR count). The summed E-state index contributed by atoms with van der Waals surface area (Å²) in [6, 6.07) is 5.86. The largest absolute Gasteiger partial charge is 0.480 e. The first-order chi connectivity index (χ1) is 8.50. The molecule has 0 aromatic heterocycles. The van der Waals surface area contributed by atoms with Gasteiger partial charge >= 0.3 is 5.97 Å². The van der Waals surface area contributed by atoms with E-state index in [4.69, 9.17) is 5.11 Å². The lowest BCUT2D eigenvalue weighted by Gasteiger charge is -2.21. The average Bonchev–Trinajstić information content (AvgIpc) is 2.71. The van der Waals surface area contributed by atoms with Gasteiger partial charge < -0.3 is 15.1 Å². The molecule has 1 aliphatic heterocycles. The Hall–Kier alpha value is -1.40. The summed E-state index contributed by atoms with van der Waals surface area (Å²) < 4.78 is 0.612. The molecule has 0 saturated carbocycles. The molecule has 1 aromatic rings. The summed E-state index contributed by atoms with van der Waals surface area (Å²) in [7, 11) is 0. The molecule has 1 heterocycles. The van der Waals surface area contributed by atoms with Gasteiger partial charge in [-0.25, -0.2) is 4.79 Å². The van der Waals surface area contributed by atoms with Crippen LogP contribution in [0.3, 0.4) is 0 Å². The summed E-state index contributed by atoms with van der Waals surface area (Å²) in [4.78, 5) is 24.5. The van der Waals surface area contributed by atoms with E-state index >= 15 is 0 Å². The lowest BCUT2D eigenvalue weighted by Crippen LogP contribution is -2.40. The minimum absolute atomic E-state index is 0.0527. The van der Waals surface area contributed by atoms with Gasteiger partial charge in [0.2, 0.25) is 0 Å². The SMILES string of the molecule is O=C(O)C1CC(O)CN1C(=O)c1ccccc1Br. The van der Waals surface area contributed by atoms with Gasteiger partial charge in [-0.3, -0.25) is 4.79 Å². The highest BCUT2D eigenvalue weighted by Gasteiger charge is 2.39. The van der Waals surface area contributed by atoms with Crippen molar-refractivity contribution in [2.24, 2.45) is 0 Å². The van der Waals surface area contributed by atoms with Crippen molar-refractivity contribution in [3.8, 4) is 0 Å². The Labute approximate surface area is 112 Å². The van der Waals surface area contributed by atoms with Gasteiger partial charge in [-0.2, -0.15) is 0 Å². The van der Waals surface area contributed by atoms with Gasteiger partial charge in [-0.15, -0.1) is 0 Å². The minimum atomic E-state index is -1.09. The third-order valence-electron chi connectivity index (χ3n) is 2.93. The normalized spacial score (nSPS) is 23.1. The molecular formula is C12H12BrNO4. The molecule has 1 aromatic carbocycles. The minimum Gasteiger partial charge on any atom is -0.480 e. The third-order valence-corrected chi connectivity index (χ3v) is 3.62. The molecule has 0 aliphatic carbocycles. The van der Waals surface area contributed by atoms with E-state index in [1.54, 1.807) is 24.3 Å². The highest BCUT2D eigenvalue weighted by Crippen LogP contribution is 2.24. The van der Waals surface area contributed by atoms with Crippen molar-refractivity contribution < 1.29 is 19.8 Å². The number of rotatable bonds is 2. The van der Waals surface area contributed by atoms with Crippen molar-refractivity contribution in [1.82, 2.24) is 4.90 Å². The maximum absolute atomic E-state index is 12.2. The molecule has 1 saturated heterocycles. The zero-order valence-electron chi connectivity index (χ0n) is 9.41. The van der Waals surface area contributed by atoms with Crippen LogP contribution in [0.15, 0.2) is 28.7 Å². The average molecular weight is 314 g/mol. The van der Waals surface area contributed by atoms with E-state index < -0.39 is 18.1 Å². The molecule has 18 heavy (non-hydrogen) atoms. The first kappa shape index (κ1) is 13.0. The predicted molar refractivity (Wildman–Crippen MR) is 67.2 cm³/mol. The fraction of sp³-hybridized carbons (Fsp3) is 0.333. The smallest absolute Gasteiger partial charge is 0.326 e. The summed E-state index contributed by atoms with van der Waals surface area (Å²) in [5.41, 5.74) is 0.401. The molecule has 0 radical (unpaired) electrons. The van der Waals surface area contributed by atoms with E-state index in [1.165, 1.54) is 4.90 Å². The number of carbonyl (C=O) groups excluding carboxylic acids is 1. The van der Waals surface area contributed by atoms with Gasteiger partial charge in [-0.05, 0) is 28.1 Å². The molecule has 96 valence electrons. The Morgan fingerprint density at radius 3 is 2.61 bits per heavy atom. The highest BCUT2D eigenvalue weighted by atomic mass is 79.9. The summed E-state index contributed by atoms with van der Waals surface area (Å²) >= 11 is 3.26. The molecule has 2 atom stereocenters. The maximum atomic E-state index is 12.2. The van der Waals surface area contributed by atoms with Gasteiger partial charge in [0, 0.05) is 17.4 Å². The van der Waals surface area contributed by atoms with Crippen LogP contribution in [-0.2, 0) is 4.79 Å². The Morgan fingerprint density at radius 1 is 1.33 bits per heavy atom. The number of carboxylic acid groups (broad SMARTS) is 1. The molecule has 1 amide bonds. The van der Waals surface area contributed by atoms with Crippen LogP contribution >= 0.6 is 15.9 Å². The van der Waals surface area contributed by atoms with Crippen LogP contribution in [0.1, 0.15) is 16.8 Å². The third kappa shape index (κ3) is 2.39. The van der Waals surface area contributed by atoms with Gasteiger partial charge in [0.15, 0.2) is 0 Å². The van der Waals surface area contributed by atoms with Crippen molar-refractivity contribution in [2.75, 3.05) is 6.54 Å². The monoisotopic (exact) mass is 313 g/mol. The molecule has 6 heteroatoms. The van der Waals surface area contributed by atoms with Crippen LogP contribution < -0.4 is 0 Å². The quantitative estimate of drug-likeness (QED) is 0.857. The molecular weight excluding hydrogens is 302 g/mol. The van der Waals surface area contributed by atoms with Crippen molar-refractivity contribution in [1.29, 1.82) is 0 Å². The molecule has 2 unspecified atom stereocenters. The molecule has 5 nitrogen and oxygen atoms in total. The fourth-order valence-corrected chi connectivity index (χ4v) is 2.52. The Kier molecular flexibility index (Phi) is 3.68. The number of amides is 1. The van der Waals surface area contributed by atoms with Crippen LogP contribution in [0.2, 0.25) is 0 Å². The highest BCUT2D eigenvalue weighted by molar-refractivity contribution is 9.10.